The number of hydrogen-bond acceptors (Lipinski definition) is 3. The van der Waals surface area contributed by atoms with Crippen molar-refractivity contribution in [3.63, 3.8) is 0 Å². The van der Waals surface area contributed by atoms with E-state index in [1.54, 1.807) is 0 Å². The molecule has 1 aromatic heterocycles. The average molecular weight is 251 g/mol. The van der Waals surface area contributed by atoms with Gasteiger partial charge < -0.3 is 10.4 Å². The van der Waals surface area contributed by atoms with E-state index in [1.807, 2.05) is 17.9 Å². The van der Waals surface area contributed by atoms with Gasteiger partial charge in [-0.1, -0.05) is 26.2 Å². The Morgan fingerprint density at radius 2 is 2.11 bits per heavy atom. The molecule has 2 N–H and O–H groups in total. The van der Waals surface area contributed by atoms with E-state index in [9.17, 15) is 5.11 Å². The molecule has 0 radical (unpaired) electrons. The Bertz CT molecular complexity index is 380. The minimum Gasteiger partial charge on any atom is -0.396 e. The van der Waals surface area contributed by atoms with Crippen molar-refractivity contribution in [3.05, 3.63) is 11.9 Å². The van der Waals surface area contributed by atoms with Gasteiger partial charge in [0.25, 0.3) is 0 Å². The number of aromatic nitrogens is 2. The zero-order chi connectivity index (χ0) is 13.0. The van der Waals surface area contributed by atoms with Crippen LogP contribution in [0.25, 0.3) is 0 Å². The summed E-state index contributed by atoms with van der Waals surface area (Å²) < 4.78 is 1.85. The molecule has 1 aliphatic rings. The largest absolute Gasteiger partial charge is 0.396 e. The van der Waals surface area contributed by atoms with Crippen LogP contribution in [0.1, 0.15) is 44.7 Å². The predicted octanol–water partition coefficient (Wildman–Crippen LogP) is 2.34. The van der Waals surface area contributed by atoms with E-state index in [0.717, 1.165) is 37.2 Å². The summed E-state index contributed by atoms with van der Waals surface area (Å²) in [6, 6.07) is 0. The third-order valence-corrected chi connectivity index (χ3v) is 4.14. The molecule has 0 saturated heterocycles. The first-order chi connectivity index (χ1) is 8.69. The molecule has 0 spiro atoms. The molecule has 0 amide bonds. The Hall–Kier alpha value is -1.03. The van der Waals surface area contributed by atoms with E-state index < -0.39 is 0 Å². The van der Waals surface area contributed by atoms with Crippen LogP contribution in [0.5, 0.6) is 0 Å². The molecule has 0 aromatic carbocycles. The third-order valence-electron chi connectivity index (χ3n) is 4.14. The molecule has 1 saturated carbocycles. The standard InChI is InChI=1S/C14H25N3O/c1-3-12-13(9-17(2)16-12)15-10-14(11-18)7-5-4-6-8-14/h9,15,18H,3-8,10-11H2,1-2H3. The van der Waals surface area contributed by atoms with Gasteiger partial charge in [0.15, 0.2) is 0 Å². The van der Waals surface area contributed by atoms with Crippen molar-refractivity contribution in [3.8, 4) is 0 Å². The van der Waals surface area contributed by atoms with Crippen LogP contribution in [0.4, 0.5) is 5.69 Å². The molecular weight excluding hydrogens is 226 g/mol. The third kappa shape index (κ3) is 2.86. The zero-order valence-corrected chi connectivity index (χ0v) is 11.6. The van der Waals surface area contributed by atoms with E-state index in [1.165, 1.54) is 19.3 Å². The SMILES string of the molecule is CCc1nn(C)cc1NCC1(CO)CCCCC1. The van der Waals surface area contributed by atoms with Crippen LogP contribution in [0, 0.1) is 5.41 Å². The van der Waals surface area contributed by atoms with Gasteiger partial charge in [0.05, 0.1) is 18.0 Å². The molecule has 4 heteroatoms. The summed E-state index contributed by atoms with van der Waals surface area (Å²) in [6.07, 6.45) is 9.05. The molecule has 1 aliphatic carbocycles. The fourth-order valence-electron chi connectivity index (χ4n) is 2.92. The summed E-state index contributed by atoms with van der Waals surface area (Å²) in [6.45, 7) is 3.28. The Morgan fingerprint density at radius 1 is 1.39 bits per heavy atom. The first kappa shape index (κ1) is 13.4. The number of hydrogen-bond donors (Lipinski definition) is 2. The van der Waals surface area contributed by atoms with Gasteiger partial charge in [-0.05, 0) is 19.3 Å². The van der Waals surface area contributed by atoms with Gasteiger partial charge in [-0.2, -0.15) is 5.10 Å². The second-order valence-electron chi connectivity index (χ2n) is 5.59. The Balaban J connectivity index is 2.00. The van der Waals surface area contributed by atoms with Crippen LogP contribution >= 0.6 is 0 Å². The summed E-state index contributed by atoms with van der Waals surface area (Å²) in [5.74, 6) is 0. The molecule has 18 heavy (non-hydrogen) atoms. The first-order valence-electron chi connectivity index (χ1n) is 7.06. The average Bonchev–Trinajstić information content (AvgIpc) is 2.78. The fraction of sp³-hybridized carbons (Fsp3) is 0.786. The van der Waals surface area contributed by atoms with Gasteiger partial charge in [0.2, 0.25) is 0 Å². The fourth-order valence-corrected chi connectivity index (χ4v) is 2.92. The summed E-state index contributed by atoms with van der Waals surface area (Å²) in [5.41, 5.74) is 2.32. The minimum atomic E-state index is 0.0824. The lowest BCUT2D eigenvalue weighted by Crippen LogP contribution is -2.35. The Morgan fingerprint density at radius 3 is 2.72 bits per heavy atom. The van der Waals surface area contributed by atoms with Crippen molar-refractivity contribution in [1.82, 2.24) is 9.78 Å². The molecule has 0 aliphatic heterocycles. The highest BCUT2D eigenvalue weighted by Crippen LogP contribution is 2.36. The smallest absolute Gasteiger partial charge is 0.0853 e. The summed E-state index contributed by atoms with van der Waals surface area (Å²) in [7, 11) is 1.95. The molecule has 0 atom stereocenters. The quantitative estimate of drug-likeness (QED) is 0.844. The van der Waals surface area contributed by atoms with Crippen LogP contribution in [0.3, 0.4) is 0 Å². The van der Waals surface area contributed by atoms with Gasteiger partial charge in [-0.3, -0.25) is 4.68 Å². The Kier molecular flexibility index (Phi) is 4.27. The summed E-state index contributed by atoms with van der Waals surface area (Å²) >= 11 is 0. The maximum Gasteiger partial charge on any atom is 0.0853 e. The lowest BCUT2D eigenvalue weighted by Gasteiger charge is -2.35. The second kappa shape index (κ2) is 5.74. The first-order valence-corrected chi connectivity index (χ1v) is 7.06. The molecule has 2 rings (SSSR count). The van der Waals surface area contributed by atoms with E-state index in [0.29, 0.717) is 6.61 Å². The minimum absolute atomic E-state index is 0.0824. The lowest BCUT2D eigenvalue weighted by molar-refractivity contribution is 0.0944. The van der Waals surface area contributed by atoms with Crippen molar-refractivity contribution < 1.29 is 5.11 Å². The molecule has 4 nitrogen and oxygen atoms in total. The second-order valence-corrected chi connectivity index (χ2v) is 5.59. The van der Waals surface area contributed by atoms with Crippen molar-refractivity contribution in [1.29, 1.82) is 0 Å². The van der Waals surface area contributed by atoms with E-state index in [2.05, 4.69) is 17.3 Å². The number of anilines is 1. The molecular formula is C14H25N3O. The summed E-state index contributed by atoms with van der Waals surface area (Å²) in [5, 5.41) is 17.6. The molecule has 1 aromatic rings. The maximum absolute atomic E-state index is 9.69. The number of aryl methyl sites for hydroxylation is 2. The highest BCUT2D eigenvalue weighted by Gasteiger charge is 2.31. The predicted molar refractivity (Wildman–Crippen MR) is 73.7 cm³/mol. The molecule has 1 heterocycles. The van der Waals surface area contributed by atoms with E-state index in [4.69, 9.17) is 0 Å². The number of nitrogens with one attached hydrogen (secondary N) is 1. The monoisotopic (exact) mass is 251 g/mol. The molecule has 0 unspecified atom stereocenters. The maximum atomic E-state index is 9.69. The van der Waals surface area contributed by atoms with Crippen molar-refractivity contribution in [2.45, 2.75) is 45.4 Å². The normalized spacial score (nSPS) is 18.8. The van der Waals surface area contributed by atoms with Gasteiger partial charge in [-0.15, -0.1) is 0 Å². The van der Waals surface area contributed by atoms with Crippen LogP contribution in [0.2, 0.25) is 0 Å². The topological polar surface area (TPSA) is 50.1 Å². The van der Waals surface area contributed by atoms with Crippen molar-refractivity contribution in [2.24, 2.45) is 12.5 Å². The van der Waals surface area contributed by atoms with Gasteiger partial charge in [0.1, 0.15) is 0 Å². The number of aliphatic hydroxyl groups is 1. The zero-order valence-electron chi connectivity index (χ0n) is 11.6. The van der Waals surface area contributed by atoms with Crippen LogP contribution in [-0.2, 0) is 13.5 Å². The summed E-state index contributed by atoms with van der Waals surface area (Å²) in [4.78, 5) is 0. The molecule has 0 bridgehead atoms. The lowest BCUT2D eigenvalue weighted by atomic mass is 9.74. The van der Waals surface area contributed by atoms with Gasteiger partial charge >= 0.3 is 0 Å². The van der Waals surface area contributed by atoms with Gasteiger partial charge in [0, 0.05) is 25.2 Å². The van der Waals surface area contributed by atoms with E-state index >= 15 is 0 Å². The molecule has 1 fully saturated rings. The van der Waals surface area contributed by atoms with Gasteiger partial charge in [-0.25, -0.2) is 0 Å². The Labute approximate surface area is 109 Å². The van der Waals surface area contributed by atoms with Crippen molar-refractivity contribution in [2.75, 3.05) is 18.5 Å². The molecule has 102 valence electrons. The highest BCUT2D eigenvalue weighted by molar-refractivity contribution is 5.46. The van der Waals surface area contributed by atoms with Crippen LogP contribution < -0.4 is 5.32 Å². The number of rotatable bonds is 5. The number of nitrogens with zero attached hydrogens (tertiary/aromatic N) is 2. The van der Waals surface area contributed by atoms with Crippen LogP contribution in [-0.4, -0.2) is 28.0 Å². The van der Waals surface area contributed by atoms with E-state index in [-0.39, 0.29) is 5.41 Å². The highest BCUT2D eigenvalue weighted by atomic mass is 16.3. The van der Waals surface area contributed by atoms with Crippen LogP contribution in [0.15, 0.2) is 6.20 Å². The number of aliphatic hydroxyl groups excluding tert-OH is 1. The van der Waals surface area contributed by atoms with Crippen molar-refractivity contribution >= 4 is 5.69 Å².